The highest BCUT2D eigenvalue weighted by Gasteiger charge is 2.12. The lowest BCUT2D eigenvalue weighted by Crippen LogP contribution is -2.03. The van der Waals surface area contributed by atoms with Crippen molar-refractivity contribution in [3.05, 3.63) is 16.1 Å². The second-order valence-corrected chi connectivity index (χ2v) is 3.63. The minimum Gasteiger partial charge on any atom is -0.462 e. The number of esters is 1. The number of thiazole rings is 1. The molecule has 0 aliphatic heterocycles. The zero-order chi connectivity index (χ0) is 9.84. The Morgan fingerprint density at radius 2 is 2.54 bits per heavy atom. The molecule has 0 fully saturated rings. The van der Waals surface area contributed by atoms with Gasteiger partial charge in [0.15, 0.2) is 0 Å². The zero-order valence-corrected chi connectivity index (χ0v) is 8.43. The molecule has 13 heavy (non-hydrogen) atoms. The lowest BCUT2D eigenvalue weighted by atomic mass is 10.4. The first-order valence-electron chi connectivity index (χ1n) is 4.03. The van der Waals surface area contributed by atoms with Crippen LogP contribution in [0.4, 0.5) is 0 Å². The van der Waals surface area contributed by atoms with Gasteiger partial charge in [0.2, 0.25) is 0 Å². The van der Waals surface area contributed by atoms with E-state index >= 15 is 0 Å². The largest absolute Gasteiger partial charge is 0.462 e. The summed E-state index contributed by atoms with van der Waals surface area (Å²) in [6.45, 7) is 3.98. The molecule has 5 heteroatoms. The Bertz CT molecular complexity index is 296. The summed E-state index contributed by atoms with van der Waals surface area (Å²) in [5.41, 5.74) is 5.60. The number of carbonyl (C=O) groups excluding carboxylic acids is 1. The molecule has 1 aromatic rings. The molecule has 0 aliphatic carbocycles. The van der Waals surface area contributed by atoms with Crippen LogP contribution in [0.1, 0.15) is 34.6 Å². The first kappa shape index (κ1) is 10.1. The third-order valence-corrected chi connectivity index (χ3v) is 2.57. The molecule has 2 N–H and O–H groups in total. The van der Waals surface area contributed by atoms with Crippen LogP contribution in [0, 0.1) is 0 Å². The van der Waals surface area contributed by atoms with Gasteiger partial charge in [-0.2, -0.15) is 0 Å². The van der Waals surface area contributed by atoms with Crippen LogP contribution >= 0.6 is 11.3 Å². The van der Waals surface area contributed by atoms with Gasteiger partial charge in [0.05, 0.1) is 18.8 Å². The highest BCUT2D eigenvalue weighted by atomic mass is 32.1. The lowest BCUT2D eigenvalue weighted by Gasteiger charge is -1.97. The number of rotatable bonds is 3. The average molecular weight is 200 g/mol. The normalized spacial score (nSPS) is 12.5. The minimum absolute atomic E-state index is 0.131. The van der Waals surface area contributed by atoms with E-state index in [2.05, 4.69) is 4.98 Å². The Kier molecular flexibility index (Phi) is 3.39. The van der Waals surface area contributed by atoms with Crippen molar-refractivity contribution >= 4 is 17.3 Å². The first-order valence-corrected chi connectivity index (χ1v) is 4.85. The van der Waals surface area contributed by atoms with Crippen molar-refractivity contribution in [2.45, 2.75) is 19.9 Å². The van der Waals surface area contributed by atoms with Crippen molar-refractivity contribution in [2.24, 2.45) is 5.73 Å². The van der Waals surface area contributed by atoms with Crippen LogP contribution in [0.25, 0.3) is 0 Å². The first-order chi connectivity index (χ1) is 6.15. The van der Waals surface area contributed by atoms with Crippen LogP contribution in [0.5, 0.6) is 0 Å². The van der Waals surface area contributed by atoms with E-state index in [1.165, 1.54) is 17.5 Å². The standard InChI is InChI=1S/C8H12N2O2S/c1-3-12-8(11)6-4-10-7(13-6)5(2)9/h4-5H,3,9H2,1-2H3/t5-/m1/s1. The number of ether oxygens (including phenoxy) is 1. The predicted molar refractivity (Wildman–Crippen MR) is 50.7 cm³/mol. The maximum atomic E-state index is 11.2. The lowest BCUT2D eigenvalue weighted by molar-refractivity contribution is 0.0532. The van der Waals surface area contributed by atoms with Gasteiger partial charge in [0.25, 0.3) is 0 Å². The Morgan fingerprint density at radius 3 is 3.00 bits per heavy atom. The fourth-order valence-electron chi connectivity index (χ4n) is 0.795. The molecule has 0 spiro atoms. The number of hydrogen-bond donors (Lipinski definition) is 1. The SMILES string of the molecule is CCOC(=O)c1cnc([C@@H](C)N)s1. The molecule has 72 valence electrons. The van der Waals surface area contributed by atoms with Crippen molar-refractivity contribution in [2.75, 3.05) is 6.61 Å². The van der Waals surface area contributed by atoms with Crippen LogP contribution < -0.4 is 5.73 Å². The van der Waals surface area contributed by atoms with E-state index in [4.69, 9.17) is 10.5 Å². The van der Waals surface area contributed by atoms with Gasteiger partial charge in [-0.3, -0.25) is 0 Å². The molecular weight excluding hydrogens is 188 g/mol. The Morgan fingerprint density at radius 1 is 1.85 bits per heavy atom. The third-order valence-electron chi connectivity index (χ3n) is 1.39. The Balaban J connectivity index is 2.73. The molecule has 0 amide bonds. The number of aromatic nitrogens is 1. The Hall–Kier alpha value is -0.940. The van der Waals surface area contributed by atoms with Crippen molar-refractivity contribution in [1.29, 1.82) is 0 Å². The second-order valence-electron chi connectivity index (χ2n) is 2.57. The summed E-state index contributed by atoms with van der Waals surface area (Å²) >= 11 is 1.28. The highest BCUT2D eigenvalue weighted by Crippen LogP contribution is 2.18. The molecule has 1 heterocycles. The summed E-state index contributed by atoms with van der Waals surface area (Å²) in [7, 11) is 0. The topological polar surface area (TPSA) is 65.2 Å². The summed E-state index contributed by atoms with van der Waals surface area (Å²) in [4.78, 5) is 15.7. The van der Waals surface area contributed by atoms with Crippen LogP contribution in [0.15, 0.2) is 6.20 Å². The summed E-state index contributed by atoms with van der Waals surface area (Å²) < 4.78 is 4.81. The van der Waals surface area contributed by atoms with E-state index in [0.29, 0.717) is 11.5 Å². The van der Waals surface area contributed by atoms with E-state index < -0.39 is 0 Å². The molecule has 0 aromatic carbocycles. The Labute approximate surface area is 80.7 Å². The summed E-state index contributed by atoms with van der Waals surface area (Å²) in [6, 6.07) is -0.131. The van der Waals surface area contributed by atoms with Gasteiger partial charge >= 0.3 is 5.97 Å². The maximum Gasteiger partial charge on any atom is 0.349 e. The van der Waals surface area contributed by atoms with E-state index in [-0.39, 0.29) is 12.0 Å². The molecule has 0 radical (unpaired) electrons. The fourth-order valence-corrected chi connectivity index (χ4v) is 1.56. The number of hydrogen-bond acceptors (Lipinski definition) is 5. The fraction of sp³-hybridized carbons (Fsp3) is 0.500. The quantitative estimate of drug-likeness (QED) is 0.748. The van der Waals surface area contributed by atoms with Gasteiger partial charge in [-0.05, 0) is 13.8 Å². The van der Waals surface area contributed by atoms with Crippen molar-refractivity contribution in [1.82, 2.24) is 4.98 Å². The van der Waals surface area contributed by atoms with Gasteiger partial charge in [-0.1, -0.05) is 0 Å². The van der Waals surface area contributed by atoms with Gasteiger partial charge in [-0.15, -0.1) is 11.3 Å². The zero-order valence-electron chi connectivity index (χ0n) is 7.61. The molecule has 4 nitrogen and oxygen atoms in total. The van der Waals surface area contributed by atoms with Crippen LogP contribution in [-0.4, -0.2) is 17.6 Å². The average Bonchev–Trinajstić information content (AvgIpc) is 2.52. The predicted octanol–water partition coefficient (Wildman–Crippen LogP) is 1.34. The van der Waals surface area contributed by atoms with Gasteiger partial charge in [-0.25, -0.2) is 9.78 Å². The van der Waals surface area contributed by atoms with Gasteiger partial charge in [0, 0.05) is 0 Å². The van der Waals surface area contributed by atoms with E-state index in [1.54, 1.807) is 6.92 Å². The van der Waals surface area contributed by atoms with Crippen molar-refractivity contribution < 1.29 is 9.53 Å². The summed E-state index contributed by atoms with van der Waals surface area (Å²) in [5.74, 6) is -0.327. The van der Waals surface area contributed by atoms with Gasteiger partial charge in [0.1, 0.15) is 9.88 Å². The molecule has 0 saturated heterocycles. The maximum absolute atomic E-state index is 11.2. The van der Waals surface area contributed by atoms with Crippen molar-refractivity contribution in [3.63, 3.8) is 0 Å². The molecular formula is C8H12N2O2S. The number of nitrogens with zero attached hydrogens (tertiary/aromatic N) is 1. The summed E-state index contributed by atoms with van der Waals surface area (Å²) in [5, 5.41) is 0.753. The molecule has 0 bridgehead atoms. The van der Waals surface area contributed by atoms with E-state index in [1.807, 2.05) is 6.92 Å². The van der Waals surface area contributed by atoms with Crippen molar-refractivity contribution in [3.8, 4) is 0 Å². The van der Waals surface area contributed by atoms with E-state index in [9.17, 15) is 4.79 Å². The number of carbonyl (C=O) groups is 1. The van der Waals surface area contributed by atoms with Gasteiger partial charge < -0.3 is 10.5 Å². The smallest absolute Gasteiger partial charge is 0.349 e. The molecule has 1 atom stereocenters. The van der Waals surface area contributed by atoms with E-state index in [0.717, 1.165) is 5.01 Å². The van der Waals surface area contributed by atoms with Crippen LogP contribution in [0.2, 0.25) is 0 Å². The highest BCUT2D eigenvalue weighted by molar-refractivity contribution is 7.13. The molecule has 0 aliphatic rings. The molecule has 0 saturated carbocycles. The minimum atomic E-state index is -0.327. The van der Waals surface area contributed by atoms with Crippen LogP contribution in [-0.2, 0) is 4.74 Å². The number of nitrogens with two attached hydrogens (primary N) is 1. The second kappa shape index (κ2) is 4.34. The summed E-state index contributed by atoms with van der Waals surface area (Å²) in [6.07, 6.45) is 1.50. The molecule has 1 aromatic heterocycles. The third kappa shape index (κ3) is 2.50. The molecule has 0 unspecified atom stereocenters. The molecule has 1 rings (SSSR count). The van der Waals surface area contributed by atoms with Crippen LogP contribution in [0.3, 0.4) is 0 Å². The monoisotopic (exact) mass is 200 g/mol.